The molecule has 0 unspecified atom stereocenters. The second kappa shape index (κ2) is 4.32. The summed E-state index contributed by atoms with van der Waals surface area (Å²) >= 11 is 5.77. The largest absolute Gasteiger partial charge is 0.0843 e. The Kier molecular flexibility index (Phi) is 3.36. The van der Waals surface area contributed by atoms with E-state index in [2.05, 4.69) is 19.9 Å². The van der Waals surface area contributed by atoms with Gasteiger partial charge in [0.1, 0.15) is 0 Å². The number of allylic oxidation sites excluding steroid dienone is 2. The highest BCUT2D eigenvalue weighted by molar-refractivity contribution is 6.30. The molecule has 0 saturated carbocycles. The number of hydrogen-bond donors (Lipinski definition) is 0. The van der Waals surface area contributed by atoms with Crippen molar-refractivity contribution in [1.82, 2.24) is 0 Å². The Hall–Kier alpha value is -0.750. The van der Waals surface area contributed by atoms with Gasteiger partial charge in [-0.3, -0.25) is 0 Å². The summed E-state index contributed by atoms with van der Waals surface area (Å²) in [6.07, 6.45) is 3.29. The molecule has 1 aromatic carbocycles. The minimum Gasteiger partial charge on any atom is -0.0843 e. The first kappa shape index (κ1) is 9.34. The van der Waals surface area contributed by atoms with Gasteiger partial charge in [-0.05, 0) is 36.6 Å². The molecule has 0 aromatic heterocycles. The summed E-state index contributed by atoms with van der Waals surface area (Å²) in [5.41, 5.74) is 2.57. The first-order valence-corrected chi connectivity index (χ1v) is 4.54. The van der Waals surface area contributed by atoms with Crippen LogP contribution in [0.3, 0.4) is 0 Å². The SMILES string of the molecule is CC/C=C(\C)c1ccc(Cl)cc1. The normalized spacial score (nSPS) is 11.8. The molecule has 0 atom stereocenters. The molecule has 0 amide bonds. The van der Waals surface area contributed by atoms with Crippen LogP contribution in [0, 0.1) is 0 Å². The Balaban J connectivity index is 2.89. The Morgan fingerprint density at radius 2 is 1.92 bits per heavy atom. The zero-order valence-electron chi connectivity index (χ0n) is 7.47. The van der Waals surface area contributed by atoms with E-state index in [0.29, 0.717) is 0 Å². The molecular weight excluding hydrogens is 168 g/mol. The van der Waals surface area contributed by atoms with Crippen molar-refractivity contribution in [3.8, 4) is 0 Å². The van der Waals surface area contributed by atoms with Gasteiger partial charge in [0.25, 0.3) is 0 Å². The van der Waals surface area contributed by atoms with Crippen LogP contribution in [-0.2, 0) is 0 Å². The molecule has 0 radical (unpaired) electrons. The second-order valence-corrected chi connectivity index (χ2v) is 3.24. The lowest BCUT2D eigenvalue weighted by molar-refractivity contribution is 1.22. The van der Waals surface area contributed by atoms with Gasteiger partial charge in [-0.15, -0.1) is 0 Å². The van der Waals surface area contributed by atoms with Crippen molar-refractivity contribution in [2.24, 2.45) is 0 Å². The quantitative estimate of drug-likeness (QED) is 0.642. The monoisotopic (exact) mass is 180 g/mol. The van der Waals surface area contributed by atoms with Crippen LogP contribution in [0.15, 0.2) is 30.3 Å². The van der Waals surface area contributed by atoms with Gasteiger partial charge in [0.2, 0.25) is 0 Å². The number of halogens is 1. The van der Waals surface area contributed by atoms with E-state index in [9.17, 15) is 0 Å². The van der Waals surface area contributed by atoms with Crippen LogP contribution in [0.2, 0.25) is 5.02 Å². The third-order valence-electron chi connectivity index (χ3n) is 1.81. The Morgan fingerprint density at radius 3 is 2.42 bits per heavy atom. The van der Waals surface area contributed by atoms with Crippen LogP contribution in [0.5, 0.6) is 0 Å². The summed E-state index contributed by atoms with van der Waals surface area (Å²) in [5.74, 6) is 0. The van der Waals surface area contributed by atoms with Crippen LogP contribution in [0.25, 0.3) is 5.57 Å². The number of benzene rings is 1. The summed E-state index contributed by atoms with van der Waals surface area (Å²) in [7, 11) is 0. The summed E-state index contributed by atoms with van der Waals surface area (Å²) in [6, 6.07) is 7.93. The topological polar surface area (TPSA) is 0 Å². The van der Waals surface area contributed by atoms with E-state index in [1.54, 1.807) is 0 Å². The van der Waals surface area contributed by atoms with E-state index in [-0.39, 0.29) is 0 Å². The minimum atomic E-state index is 0.794. The third-order valence-corrected chi connectivity index (χ3v) is 2.06. The molecule has 0 bridgehead atoms. The van der Waals surface area contributed by atoms with Crippen LogP contribution < -0.4 is 0 Å². The highest BCUT2D eigenvalue weighted by Crippen LogP contribution is 2.17. The van der Waals surface area contributed by atoms with E-state index in [4.69, 9.17) is 11.6 Å². The summed E-state index contributed by atoms with van der Waals surface area (Å²) in [5, 5.41) is 0.794. The first-order chi connectivity index (χ1) is 5.74. The fourth-order valence-electron chi connectivity index (χ4n) is 1.14. The molecule has 0 N–H and O–H groups in total. The molecule has 1 heteroatoms. The van der Waals surface area contributed by atoms with Gasteiger partial charge in [0.05, 0.1) is 0 Å². The van der Waals surface area contributed by atoms with Crippen molar-refractivity contribution >= 4 is 17.2 Å². The predicted octanol–water partition coefficient (Wildman–Crippen LogP) is 4.15. The van der Waals surface area contributed by atoms with Gasteiger partial charge in [-0.1, -0.05) is 36.7 Å². The van der Waals surface area contributed by atoms with Crippen LogP contribution in [0.4, 0.5) is 0 Å². The van der Waals surface area contributed by atoms with Gasteiger partial charge in [-0.25, -0.2) is 0 Å². The van der Waals surface area contributed by atoms with Gasteiger partial charge >= 0.3 is 0 Å². The summed E-state index contributed by atoms with van der Waals surface area (Å²) in [6.45, 7) is 4.26. The average molecular weight is 181 g/mol. The van der Waals surface area contributed by atoms with Gasteiger partial charge in [-0.2, -0.15) is 0 Å². The molecule has 1 aromatic rings. The van der Waals surface area contributed by atoms with Crippen LogP contribution in [-0.4, -0.2) is 0 Å². The maximum Gasteiger partial charge on any atom is 0.0406 e. The van der Waals surface area contributed by atoms with Crippen molar-refractivity contribution in [2.45, 2.75) is 20.3 Å². The standard InChI is InChI=1S/C11H13Cl/c1-3-4-9(2)10-5-7-11(12)8-6-10/h4-8H,3H2,1-2H3/b9-4+. The highest BCUT2D eigenvalue weighted by atomic mass is 35.5. The van der Waals surface area contributed by atoms with Gasteiger partial charge < -0.3 is 0 Å². The molecule has 1 rings (SSSR count). The molecule has 64 valence electrons. The fourth-order valence-corrected chi connectivity index (χ4v) is 1.26. The Bertz CT molecular complexity index is 270. The molecular formula is C11H13Cl. The van der Waals surface area contributed by atoms with Crippen LogP contribution in [0.1, 0.15) is 25.8 Å². The number of rotatable bonds is 2. The van der Waals surface area contributed by atoms with Crippen molar-refractivity contribution in [3.63, 3.8) is 0 Å². The molecule has 12 heavy (non-hydrogen) atoms. The molecule has 0 nitrogen and oxygen atoms in total. The van der Waals surface area contributed by atoms with Gasteiger partial charge in [0.15, 0.2) is 0 Å². The van der Waals surface area contributed by atoms with Crippen LogP contribution >= 0.6 is 11.6 Å². The first-order valence-electron chi connectivity index (χ1n) is 4.16. The molecule has 0 aliphatic carbocycles. The average Bonchev–Trinajstić information content (AvgIpc) is 2.06. The molecule has 0 saturated heterocycles. The maximum atomic E-state index is 5.77. The Morgan fingerprint density at radius 1 is 1.33 bits per heavy atom. The predicted molar refractivity (Wildman–Crippen MR) is 55.4 cm³/mol. The summed E-state index contributed by atoms with van der Waals surface area (Å²) < 4.78 is 0. The van der Waals surface area contributed by atoms with E-state index in [1.807, 2.05) is 24.3 Å². The smallest absolute Gasteiger partial charge is 0.0406 e. The zero-order valence-corrected chi connectivity index (χ0v) is 8.23. The second-order valence-electron chi connectivity index (χ2n) is 2.80. The highest BCUT2D eigenvalue weighted by Gasteiger charge is 1.93. The Labute approximate surface area is 78.9 Å². The van der Waals surface area contributed by atoms with E-state index >= 15 is 0 Å². The van der Waals surface area contributed by atoms with Crippen molar-refractivity contribution < 1.29 is 0 Å². The maximum absolute atomic E-state index is 5.77. The van der Waals surface area contributed by atoms with E-state index in [1.165, 1.54) is 11.1 Å². The fraction of sp³-hybridized carbons (Fsp3) is 0.273. The third kappa shape index (κ3) is 2.38. The minimum absolute atomic E-state index is 0.794. The zero-order chi connectivity index (χ0) is 8.97. The number of hydrogen-bond acceptors (Lipinski definition) is 0. The lowest BCUT2D eigenvalue weighted by atomic mass is 10.1. The van der Waals surface area contributed by atoms with Gasteiger partial charge in [0, 0.05) is 5.02 Å². The molecule has 0 heterocycles. The van der Waals surface area contributed by atoms with Crippen molar-refractivity contribution in [2.75, 3.05) is 0 Å². The van der Waals surface area contributed by atoms with E-state index in [0.717, 1.165) is 11.4 Å². The molecule has 0 fully saturated rings. The lowest BCUT2D eigenvalue weighted by Gasteiger charge is -2.00. The van der Waals surface area contributed by atoms with Crippen molar-refractivity contribution in [1.29, 1.82) is 0 Å². The lowest BCUT2D eigenvalue weighted by Crippen LogP contribution is -1.77. The molecule has 0 aliphatic rings. The van der Waals surface area contributed by atoms with E-state index < -0.39 is 0 Å². The molecule has 0 spiro atoms. The van der Waals surface area contributed by atoms with Crippen molar-refractivity contribution in [3.05, 3.63) is 40.9 Å². The summed E-state index contributed by atoms with van der Waals surface area (Å²) in [4.78, 5) is 0. The molecule has 0 aliphatic heterocycles.